The first-order chi connectivity index (χ1) is 12.1. The number of piperidine rings is 1. The summed E-state index contributed by atoms with van der Waals surface area (Å²) in [5, 5.41) is 3.31. The maximum atomic E-state index is 12.8. The zero-order valence-corrected chi connectivity index (χ0v) is 15.7. The second kappa shape index (κ2) is 8.68. The van der Waals surface area contributed by atoms with Gasteiger partial charge in [-0.1, -0.05) is 37.3 Å². The third-order valence-electron chi connectivity index (χ3n) is 5.48. The molecule has 2 amide bonds. The summed E-state index contributed by atoms with van der Waals surface area (Å²) in [7, 11) is 2.17. The van der Waals surface area contributed by atoms with Gasteiger partial charge in [-0.05, 0) is 31.4 Å². The van der Waals surface area contributed by atoms with Crippen molar-refractivity contribution in [3.8, 4) is 0 Å². The number of nitrogens with zero attached hydrogens (tertiary/aromatic N) is 3. The molecule has 0 bridgehead atoms. The van der Waals surface area contributed by atoms with Crippen molar-refractivity contribution in [3.05, 3.63) is 35.9 Å². The number of hydrogen-bond acceptors (Lipinski definition) is 3. The van der Waals surface area contributed by atoms with E-state index in [0.29, 0.717) is 5.92 Å². The van der Waals surface area contributed by atoms with Crippen LogP contribution in [0.25, 0.3) is 0 Å². The van der Waals surface area contributed by atoms with Crippen molar-refractivity contribution >= 4 is 6.03 Å². The number of benzene rings is 1. The molecule has 2 fully saturated rings. The van der Waals surface area contributed by atoms with E-state index >= 15 is 0 Å². The molecule has 2 atom stereocenters. The maximum absolute atomic E-state index is 12.8. The predicted octanol–water partition coefficient (Wildman–Crippen LogP) is 2.42. The number of likely N-dealkylation sites (N-methyl/N-ethyl adjacent to an activating group) is 1. The molecule has 2 aliphatic rings. The van der Waals surface area contributed by atoms with Crippen molar-refractivity contribution in [2.45, 2.75) is 25.8 Å². The monoisotopic (exact) mass is 344 g/mol. The van der Waals surface area contributed by atoms with Gasteiger partial charge in [0.1, 0.15) is 0 Å². The second-order valence-corrected chi connectivity index (χ2v) is 7.71. The van der Waals surface area contributed by atoms with Crippen LogP contribution in [0.2, 0.25) is 0 Å². The Morgan fingerprint density at radius 3 is 2.56 bits per heavy atom. The Morgan fingerprint density at radius 1 is 1.16 bits per heavy atom. The summed E-state index contributed by atoms with van der Waals surface area (Å²) in [5.41, 5.74) is 1.19. The molecule has 2 aliphatic heterocycles. The first-order valence-electron chi connectivity index (χ1n) is 9.63. The van der Waals surface area contributed by atoms with Crippen LogP contribution in [0.4, 0.5) is 4.79 Å². The molecule has 2 heterocycles. The fourth-order valence-electron chi connectivity index (χ4n) is 3.82. The van der Waals surface area contributed by atoms with E-state index in [1.165, 1.54) is 12.0 Å². The van der Waals surface area contributed by atoms with Gasteiger partial charge in [0.05, 0.1) is 6.04 Å². The Labute approximate surface area is 152 Å². The number of hydrogen-bond donors (Lipinski definition) is 1. The molecule has 25 heavy (non-hydrogen) atoms. The zero-order valence-electron chi connectivity index (χ0n) is 15.7. The Kier molecular flexibility index (Phi) is 6.32. The van der Waals surface area contributed by atoms with Crippen LogP contribution < -0.4 is 5.32 Å². The average molecular weight is 345 g/mol. The van der Waals surface area contributed by atoms with E-state index in [1.807, 2.05) is 11.0 Å². The third-order valence-corrected chi connectivity index (χ3v) is 5.48. The van der Waals surface area contributed by atoms with Crippen LogP contribution in [0.1, 0.15) is 31.4 Å². The Hall–Kier alpha value is -1.59. The van der Waals surface area contributed by atoms with Crippen molar-refractivity contribution < 1.29 is 4.79 Å². The molecule has 0 aliphatic carbocycles. The number of nitrogens with one attached hydrogen (secondary N) is 1. The maximum Gasteiger partial charge on any atom is 0.317 e. The minimum absolute atomic E-state index is 0.0503. The molecular weight excluding hydrogens is 312 g/mol. The third kappa shape index (κ3) is 5.19. The second-order valence-electron chi connectivity index (χ2n) is 7.71. The molecule has 0 radical (unpaired) electrons. The molecule has 0 saturated carbocycles. The van der Waals surface area contributed by atoms with E-state index in [9.17, 15) is 4.79 Å². The lowest BCUT2D eigenvalue weighted by atomic mass is 10.0. The summed E-state index contributed by atoms with van der Waals surface area (Å²) >= 11 is 0. The number of carbonyl (C=O) groups excluding carboxylic acids is 1. The van der Waals surface area contributed by atoms with Gasteiger partial charge in [0, 0.05) is 45.8 Å². The molecule has 3 rings (SSSR count). The van der Waals surface area contributed by atoms with Crippen molar-refractivity contribution in [1.29, 1.82) is 0 Å². The number of amides is 2. The first-order valence-corrected chi connectivity index (χ1v) is 9.63. The lowest BCUT2D eigenvalue weighted by Gasteiger charge is -2.36. The van der Waals surface area contributed by atoms with Crippen molar-refractivity contribution in [2.75, 3.05) is 52.9 Å². The van der Waals surface area contributed by atoms with Crippen LogP contribution in [0.3, 0.4) is 0 Å². The average Bonchev–Trinajstić information content (AvgIpc) is 2.63. The number of urea groups is 1. The van der Waals surface area contributed by atoms with Gasteiger partial charge in [-0.2, -0.15) is 0 Å². The van der Waals surface area contributed by atoms with E-state index < -0.39 is 0 Å². The summed E-state index contributed by atoms with van der Waals surface area (Å²) < 4.78 is 0. The van der Waals surface area contributed by atoms with Crippen molar-refractivity contribution in [1.82, 2.24) is 20.0 Å². The molecule has 1 N–H and O–H groups in total. The molecule has 0 spiro atoms. The summed E-state index contributed by atoms with van der Waals surface area (Å²) in [4.78, 5) is 19.6. The molecule has 138 valence electrons. The lowest BCUT2D eigenvalue weighted by molar-refractivity contribution is 0.135. The van der Waals surface area contributed by atoms with Gasteiger partial charge >= 0.3 is 6.03 Å². The minimum atomic E-state index is 0.0503. The smallest absolute Gasteiger partial charge is 0.317 e. The fourth-order valence-corrected chi connectivity index (χ4v) is 3.82. The summed E-state index contributed by atoms with van der Waals surface area (Å²) in [6.07, 6.45) is 2.34. The summed E-state index contributed by atoms with van der Waals surface area (Å²) in [5.74, 6) is 0.604. The first kappa shape index (κ1) is 18.2. The van der Waals surface area contributed by atoms with Gasteiger partial charge in [0.2, 0.25) is 0 Å². The van der Waals surface area contributed by atoms with E-state index in [4.69, 9.17) is 0 Å². The molecule has 0 aromatic heterocycles. The van der Waals surface area contributed by atoms with Gasteiger partial charge in [0.25, 0.3) is 0 Å². The Balaban J connectivity index is 1.65. The van der Waals surface area contributed by atoms with Gasteiger partial charge in [-0.3, -0.25) is 4.90 Å². The van der Waals surface area contributed by atoms with Crippen molar-refractivity contribution in [2.24, 2.45) is 5.92 Å². The number of likely N-dealkylation sites (tertiary alicyclic amines) is 1. The summed E-state index contributed by atoms with van der Waals surface area (Å²) in [6, 6.07) is 10.5. The standard InChI is InChI=1S/C20H32N4O/c1-17-7-6-10-24(15-17)20(25)21-19(18-8-4-3-5-9-18)16-23-13-11-22(2)12-14-23/h3-5,8-9,17,19H,6-7,10-16H2,1-2H3,(H,21,25)/t17-,19+/m0/s1. The summed E-state index contributed by atoms with van der Waals surface area (Å²) in [6.45, 7) is 9.20. The van der Waals surface area contributed by atoms with Gasteiger partial charge in [-0.15, -0.1) is 0 Å². The number of piperazine rings is 1. The molecule has 1 aromatic carbocycles. The van der Waals surface area contributed by atoms with Crippen LogP contribution in [0.5, 0.6) is 0 Å². The minimum Gasteiger partial charge on any atom is -0.330 e. The predicted molar refractivity (Wildman–Crippen MR) is 102 cm³/mol. The number of carbonyl (C=O) groups is 1. The highest BCUT2D eigenvalue weighted by molar-refractivity contribution is 5.74. The van der Waals surface area contributed by atoms with Gasteiger partial charge in [-0.25, -0.2) is 4.79 Å². The van der Waals surface area contributed by atoms with Gasteiger partial charge in [0.15, 0.2) is 0 Å². The van der Waals surface area contributed by atoms with Crippen LogP contribution in [-0.2, 0) is 0 Å². The molecular formula is C20H32N4O. The Morgan fingerprint density at radius 2 is 1.88 bits per heavy atom. The normalized spacial score (nSPS) is 24.1. The van der Waals surface area contributed by atoms with Crippen LogP contribution in [-0.4, -0.2) is 73.6 Å². The Bertz CT molecular complexity index is 542. The molecule has 2 saturated heterocycles. The molecule has 1 aromatic rings. The topological polar surface area (TPSA) is 38.8 Å². The lowest BCUT2D eigenvalue weighted by Crippen LogP contribution is -2.50. The van der Waals surface area contributed by atoms with E-state index in [-0.39, 0.29) is 12.1 Å². The number of rotatable bonds is 4. The largest absolute Gasteiger partial charge is 0.330 e. The fraction of sp³-hybridized carbons (Fsp3) is 0.650. The molecule has 5 nitrogen and oxygen atoms in total. The van der Waals surface area contributed by atoms with Crippen LogP contribution >= 0.6 is 0 Å². The highest BCUT2D eigenvalue weighted by atomic mass is 16.2. The molecule has 0 unspecified atom stereocenters. The molecule has 5 heteroatoms. The van der Waals surface area contributed by atoms with Crippen molar-refractivity contribution in [3.63, 3.8) is 0 Å². The highest BCUT2D eigenvalue weighted by Gasteiger charge is 2.25. The zero-order chi connectivity index (χ0) is 17.6. The highest BCUT2D eigenvalue weighted by Crippen LogP contribution is 2.19. The van der Waals surface area contributed by atoms with E-state index in [1.54, 1.807) is 0 Å². The van der Waals surface area contributed by atoms with E-state index in [0.717, 1.165) is 52.2 Å². The quantitative estimate of drug-likeness (QED) is 0.912. The van der Waals surface area contributed by atoms with E-state index in [2.05, 4.69) is 53.4 Å². The van der Waals surface area contributed by atoms with Gasteiger partial charge < -0.3 is 15.1 Å². The SMILES string of the molecule is C[C@H]1CCCN(C(=O)N[C@H](CN2CCN(C)CC2)c2ccccc2)C1. The van der Waals surface area contributed by atoms with Crippen LogP contribution in [0.15, 0.2) is 30.3 Å². The van der Waals surface area contributed by atoms with Crippen LogP contribution in [0, 0.1) is 5.92 Å².